The molecule has 0 bridgehead atoms. The van der Waals surface area contributed by atoms with Gasteiger partial charge in [0.2, 0.25) is 5.88 Å². The molecule has 0 radical (unpaired) electrons. The summed E-state index contributed by atoms with van der Waals surface area (Å²) in [6.07, 6.45) is 1.74. The van der Waals surface area contributed by atoms with Crippen LogP contribution >= 0.6 is 0 Å². The molecule has 18 heavy (non-hydrogen) atoms. The number of ether oxygens (including phenoxy) is 1. The predicted molar refractivity (Wildman–Crippen MR) is 73.8 cm³/mol. The smallest absolute Gasteiger partial charge is 0.213 e. The first kappa shape index (κ1) is 14.3. The van der Waals surface area contributed by atoms with E-state index in [0.29, 0.717) is 18.3 Å². The van der Waals surface area contributed by atoms with E-state index in [0.717, 1.165) is 18.1 Å². The third-order valence-electron chi connectivity index (χ3n) is 2.37. The summed E-state index contributed by atoms with van der Waals surface area (Å²) in [4.78, 5) is 8.23. The molecule has 0 fully saturated rings. The molecule has 0 aliphatic rings. The summed E-state index contributed by atoms with van der Waals surface area (Å²) in [5, 5.41) is 6.51. The first-order valence-corrected chi connectivity index (χ1v) is 6.09. The van der Waals surface area contributed by atoms with Crippen molar-refractivity contribution in [3.05, 3.63) is 23.9 Å². The molecule has 0 saturated carbocycles. The molecular formula is C13H22N4O. The van der Waals surface area contributed by atoms with Crippen molar-refractivity contribution >= 4 is 5.96 Å². The van der Waals surface area contributed by atoms with Crippen LogP contribution in [-0.4, -0.2) is 31.6 Å². The van der Waals surface area contributed by atoms with Gasteiger partial charge >= 0.3 is 0 Å². The highest BCUT2D eigenvalue weighted by molar-refractivity contribution is 5.79. The number of hydrogen-bond acceptors (Lipinski definition) is 3. The number of aromatic nitrogens is 1. The summed E-state index contributed by atoms with van der Waals surface area (Å²) in [7, 11) is 3.38. The fourth-order valence-electron chi connectivity index (χ4n) is 1.38. The van der Waals surface area contributed by atoms with Gasteiger partial charge in [0.15, 0.2) is 5.96 Å². The summed E-state index contributed by atoms with van der Waals surface area (Å²) in [5.41, 5.74) is 1.11. The predicted octanol–water partition coefficient (Wildman–Crippen LogP) is 1.41. The van der Waals surface area contributed by atoms with Crippen LogP contribution in [-0.2, 0) is 6.54 Å². The molecule has 1 aromatic rings. The molecule has 0 amide bonds. The van der Waals surface area contributed by atoms with Crippen molar-refractivity contribution < 1.29 is 4.74 Å². The lowest BCUT2D eigenvalue weighted by Gasteiger charge is -2.13. The van der Waals surface area contributed by atoms with Crippen molar-refractivity contribution in [2.45, 2.75) is 20.4 Å². The monoisotopic (exact) mass is 250 g/mol. The largest absolute Gasteiger partial charge is 0.481 e. The zero-order chi connectivity index (χ0) is 13.4. The zero-order valence-corrected chi connectivity index (χ0v) is 11.5. The zero-order valence-electron chi connectivity index (χ0n) is 11.5. The van der Waals surface area contributed by atoms with Gasteiger partial charge in [-0.15, -0.1) is 0 Å². The minimum Gasteiger partial charge on any atom is -0.481 e. The quantitative estimate of drug-likeness (QED) is 0.613. The summed E-state index contributed by atoms with van der Waals surface area (Å²) >= 11 is 0. The van der Waals surface area contributed by atoms with Gasteiger partial charge < -0.3 is 15.4 Å². The van der Waals surface area contributed by atoms with Crippen molar-refractivity contribution in [1.82, 2.24) is 15.6 Å². The fraction of sp³-hybridized carbons (Fsp3) is 0.538. The molecule has 2 N–H and O–H groups in total. The number of nitrogens with zero attached hydrogens (tertiary/aromatic N) is 2. The number of hydrogen-bond donors (Lipinski definition) is 2. The summed E-state index contributed by atoms with van der Waals surface area (Å²) in [6.45, 7) is 5.91. The van der Waals surface area contributed by atoms with Gasteiger partial charge in [-0.2, -0.15) is 0 Å². The van der Waals surface area contributed by atoms with E-state index in [1.165, 1.54) is 0 Å². The molecule has 0 saturated heterocycles. The van der Waals surface area contributed by atoms with Crippen molar-refractivity contribution in [2.24, 2.45) is 10.9 Å². The van der Waals surface area contributed by atoms with Gasteiger partial charge in [-0.25, -0.2) is 4.98 Å². The number of guanidine groups is 1. The molecule has 0 aromatic carbocycles. The molecular weight excluding hydrogens is 228 g/mol. The van der Waals surface area contributed by atoms with Crippen LogP contribution in [0, 0.1) is 5.92 Å². The number of aliphatic imine (C=N–C) groups is 1. The molecule has 100 valence electrons. The second-order valence-corrected chi connectivity index (χ2v) is 4.41. The molecule has 1 rings (SSSR count). The first-order chi connectivity index (χ1) is 8.65. The van der Waals surface area contributed by atoms with Crippen LogP contribution in [0.4, 0.5) is 0 Å². The maximum Gasteiger partial charge on any atom is 0.213 e. The maximum absolute atomic E-state index is 5.08. The second kappa shape index (κ2) is 7.53. The van der Waals surface area contributed by atoms with E-state index in [9.17, 15) is 0 Å². The summed E-state index contributed by atoms with van der Waals surface area (Å²) < 4.78 is 5.08. The highest BCUT2D eigenvalue weighted by Crippen LogP contribution is 2.07. The Morgan fingerprint density at radius 2 is 2.22 bits per heavy atom. The topological polar surface area (TPSA) is 58.5 Å². The minimum absolute atomic E-state index is 0.588. The fourth-order valence-corrected chi connectivity index (χ4v) is 1.38. The average Bonchev–Trinajstić information content (AvgIpc) is 2.39. The Morgan fingerprint density at radius 3 is 2.83 bits per heavy atom. The SMILES string of the molecule is CN=C(NCc1ccnc(OC)c1)NCC(C)C. The van der Waals surface area contributed by atoms with Gasteiger partial charge in [0.25, 0.3) is 0 Å². The highest BCUT2D eigenvalue weighted by atomic mass is 16.5. The maximum atomic E-state index is 5.08. The van der Waals surface area contributed by atoms with E-state index in [4.69, 9.17) is 4.74 Å². The first-order valence-electron chi connectivity index (χ1n) is 6.09. The van der Waals surface area contributed by atoms with Crippen molar-refractivity contribution in [1.29, 1.82) is 0 Å². The Balaban J connectivity index is 2.47. The van der Waals surface area contributed by atoms with E-state index in [-0.39, 0.29) is 0 Å². The third-order valence-corrected chi connectivity index (χ3v) is 2.37. The van der Waals surface area contributed by atoms with Gasteiger partial charge in [-0.3, -0.25) is 4.99 Å². The molecule has 0 aliphatic carbocycles. The van der Waals surface area contributed by atoms with Crippen LogP contribution in [0.15, 0.2) is 23.3 Å². The van der Waals surface area contributed by atoms with Gasteiger partial charge in [0.05, 0.1) is 7.11 Å². The average molecular weight is 250 g/mol. The lowest BCUT2D eigenvalue weighted by atomic mass is 10.2. The third kappa shape index (κ3) is 5.03. The van der Waals surface area contributed by atoms with Gasteiger partial charge in [0, 0.05) is 32.4 Å². The van der Waals surface area contributed by atoms with Crippen LogP contribution in [0.1, 0.15) is 19.4 Å². The van der Waals surface area contributed by atoms with Crippen LogP contribution in [0.2, 0.25) is 0 Å². The molecule has 0 unspecified atom stereocenters. The lowest BCUT2D eigenvalue weighted by molar-refractivity contribution is 0.397. The van der Waals surface area contributed by atoms with Gasteiger partial charge in [-0.05, 0) is 17.5 Å². The number of methoxy groups -OCH3 is 1. The van der Waals surface area contributed by atoms with Crippen molar-refractivity contribution in [2.75, 3.05) is 20.7 Å². The standard InChI is InChI=1S/C13H22N4O/c1-10(2)8-16-13(14-3)17-9-11-5-6-15-12(7-11)18-4/h5-7,10H,8-9H2,1-4H3,(H2,14,16,17). The van der Waals surface area contributed by atoms with Crippen LogP contribution < -0.4 is 15.4 Å². The molecule has 0 atom stereocenters. The van der Waals surface area contributed by atoms with Crippen LogP contribution in [0.25, 0.3) is 0 Å². The minimum atomic E-state index is 0.588. The number of rotatable bonds is 5. The van der Waals surface area contributed by atoms with Gasteiger partial charge in [0.1, 0.15) is 0 Å². The second-order valence-electron chi connectivity index (χ2n) is 4.41. The summed E-state index contributed by atoms with van der Waals surface area (Å²) in [6, 6.07) is 3.86. The summed E-state index contributed by atoms with van der Waals surface area (Å²) in [5.74, 6) is 2.02. The molecule has 5 heteroatoms. The Labute approximate surface area is 109 Å². The molecule has 0 aliphatic heterocycles. The van der Waals surface area contributed by atoms with Gasteiger partial charge in [-0.1, -0.05) is 13.8 Å². The van der Waals surface area contributed by atoms with E-state index in [2.05, 4.69) is 34.5 Å². The Kier molecular flexibility index (Phi) is 5.97. The van der Waals surface area contributed by atoms with E-state index >= 15 is 0 Å². The Morgan fingerprint density at radius 1 is 1.44 bits per heavy atom. The molecule has 1 heterocycles. The van der Waals surface area contributed by atoms with E-state index in [1.807, 2.05) is 12.1 Å². The molecule has 5 nitrogen and oxygen atoms in total. The number of nitrogens with one attached hydrogen (secondary N) is 2. The van der Waals surface area contributed by atoms with Crippen molar-refractivity contribution in [3.8, 4) is 5.88 Å². The van der Waals surface area contributed by atoms with Crippen molar-refractivity contribution in [3.63, 3.8) is 0 Å². The van der Waals surface area contributed by atoms with Crippen LogP contribution in [0.5, 0.6) is 5.88 Å². The molecule has 0 spiro atoms. The van der Waals surface area contributed by atoms with Crippen LogP contribution in [0.3, 0.4) is 0 Å². The Hall–Kier alpha value is -1.78. The lowest BCUT2D eigenvalue weighted by Crippen LogP contribution is -2.38. The molecule has 1 aromatic heterocycles. The number of pyridine rings is 1. The van der Waals surface area contributed by atoms with E-state index in [1.54, 1.807) is 20.4 Å². The van der Waals surface area contributed by atoms with E-state index < -0.39 is 0 Å². The normalized spacial score (nSPS) is 11.5. The highest BCUT2D eigenvalue weighted by Gasteiger charge is 2.01. The Bertz CT molecular complexity index is 390.